The summed E-state index contributed by atoms with van der Waals surface area (Å²) in [5, 5.41) is 7.99. The van der Waals surface area contributed by atoms with E-state index in [0.717, 1.165) is 47.2 Å². The third-order valence-corrected chi connectivity index (χ3v) is 7.85. The van der Waals surface area contributed by atoms with Crippen LogP contribution in [-0.4, -0.2) is 68.6 Å². The zero-order valence-corrected chi connectivity index (χ0v) is 19.5. The van der Waals surface area contributed by atoms with Gasteiger partial charge in [-0.25, -0.2) is 9.97 Å². The second-order valence-corrected chi connectivity index (χ2v) is 9.75. The van der Waals surface area contributed by atoms with E-state index in [2.05, 4.69) is 25.8 Å². The summed E-state index contributed by atoms with van der Waals surface area (Å²) in [6.07, 6.45) is 16.9. The molecule has 3 aliphatic rings. The van der Waals surface area contributed by atoms with Gasteiger partial charge in [-0.2, -0.15) is 0 Å². The number of anilines is 1. The summed E-state index contributed by atoms with van der Waals surface area (Å²) < 4.78 is 0. The van der Waals surface area contributed by atoms with Crippen LogP contribution in [-0.2, 0) is 4.79 Å². The molecule has 34 heavy (non-hydrogen) atoms. The highest BCUT2D eigenvalue weighted by Crippen LogP contribution is 2.44. The van der Waals surface area contributed by atoms with Crippen molar-refractivity contribution in [1.82, 2.24) is 24.8 Å². The monoisotopic (exact) mass is 460 g/mol. The van der Waals surface area contributed by atoms with Crippen molar-refractivity contribution in [3.63, 3.8) is 0 Å². The summed E-state index contributed by atoms with van der Waals surface area (Å²) in [6.45, 7) is 4.51. The molecule has 8 heteroatoms. The third kappa shape index (κ3) is 4.59. The molecule has 6 rings (SSSR count). The van der Waals surface area contributed by atoms with E-state index >= 15 is 0 Å². The number of likely N-dealkylation sites (tertiary alicyclic amines) is 1. The number of nitrogens with zero attached hydrogens (tertiary/aromatic N) is 6. The van der Waals surface area contributed by atoms with E-state index in [-0.39, 0.29) is 6.47 Å². The fourth-order valence-corrected chi connectivity index (χ4v) is 5.99. The lowest BCUT2D eigenvalue weighted by Crippen LogP contribution is -2.43. The third-order valence-electron chi connectivity index (χ3n) is 7.85. The molecule has 1 spiro atoms. The molecular weight excluding hydrogens is 428 g/mol. The van der Waals surface area contributed by atoms with Gasteiger partial charge in [0.15, 0.2) is 5.82 Å². The number of piperidine rings is 1. The van der Waals surface area contributed by atoms with Crippen LogP contribution in [0, 0.1) is 5.41 Å². The van der Waals surface area contributed by atoms with E-state index in [1.54, 1.807) is 12.4 Å². The lowest BCUT2D eigenvalue weighted by molar-refractivity contribution is -0.122. The molecule has 5 heterocycles. The van der Waals surface area contributed by atoms with Gasteiger partial charge in [-0.3, -0.25) is 19.7 Å². The van der Waals surface area contributed by atoms with Crippen LogP contribution in [0.3, 0.4) is 0 Å². The Hall–Kier alpha value is -3.13. The van der Waals surface area contributed by atoms with Crippen LogP contribution in [0.25, 0.3) is 22.3 Å². The molecular formula is C26H32N6O2. The summed E-state index contributed by atoms with van der Waals surface area (Å²) in [5.41, 5.74) is 2.42. The van der Waals surface area contributed by atoms with Crippen LogP contribution in [0.1, 0.15) is 44.9 Å². The second kappa shape index (κ2) is 10.0. The summed E-state index contributed by atoms with van der Waals surface area (Å²) in [5.74, 6) is 1.81. The smallest absolute Gasteiger partial charge is 0.290 e. The van der Waals surface area contributed by atoms with Gasteiger partial charge < -0.3 is 10.0 Å². The Balaban J connectivity index is 0.000000764. The van der Waals surface area contributed by atoms with Crippen molar-refractivity contribution >= 4 is 23.2 Å². The van der Waals surface area contributed by atoms with Gasteiger partial charge in [0.05, 0.1) is 11.7 Å². The molecule has 1 aliphatic carbocycles. The van der Waals surface area contributed by atoms with Gasteiger partial charge in [0.2, 0.25) is 0 Å². The fourth-order valence-electron chi connectivity index (χ4n) is 5.99. The van der Waals surface area contributed by atoms with Crippen molar-refractivity contribution in [1.29, 1.82) is 0 Å². The largest absolute Gasteiger partial charge is 0.483 e. The Kier molecular flexibility index (Phi) is 6.67. The van der Waals surface area contributed by atoms with Gasteiger partial charge in [0, 0.05) is 55.2 Å². The lowest BCUT2D eigenvalue weighted by atomic mass is 9.77. The number of pyridine rings is 2. The Morgan fingerprint density at radius 3 is 2.35 bits per heavy atom. The molecule has 0 atom stereocenters. The molecule has 0 amide bonds. The number of hydrogen-bond donors (Lipinski definition) is 1. The van der Waals surface area contributed by atoms with Crippen LogP contribution in [0.5, 0.6) is 0 Å². The van der Waals surface area contributed by atoms with Crippen molar-refractivity contribution in [2.24, 2.45) is 5.41 Å². The minimum Gasteiger partial charge on any atom is -0.483 e. The zero-order chi connectivity index (χ0) is 23.4. The van der Waals surface area contributed by atoms with Crippen molar-refractivity contribution < 1.29 is 9.90 Å². The van der Waals surface area contributed by atoms with E-state index in [0.29, 0.717) is 5.41 Å². The predicted molar refractivity (Wildman–Crippen MR) is 132 cm³/mol. The van der Waals surface area contributed by atoms with Gasteiger partial charge >= 0.3 is 0 Å². The maximum atomic E-state index is 8.36. The average Bonchev–Trinajstić information content (AvgIpc) is 3.56. The van der Waals surface area contributed by atoms with Gasteiger partial charge in [0.1, 0.15) is 5.82 Å². The van der Waals surface area contributed by atoms with Gasteiger partial charge in [-0.05, 0) is 62.3 Å². The van der Waals surface area contributed by atoms with Crippen LogP contribution >= 0.6 is 0 Å². The fraction of sp³-hybridized carbons (Fsp3) is 0.500. The highest BCUT2D eigenvalue weighted by molar-refractivity contribution is 5.90. The quantitative estimate of drug-likeness (QED) is 0.586. The van der Waals surface area contributed by atoms with Crippen LogP contribution in [0.15, 0.2) is 43.0 Å². The molecule has 2 aliphatic heterocycles. The molecule has 1 saturated carbocycles. The molecule has 8 nitrogen and oxygen atoms in total. The minimum absolute atomic E-state index is 0.250. The van der Waals surface area contributed by atoms with Crippen LogP contribution in [0.4, 0.5) is 5.82 Å². The van der Waals surface area contributed by atoms with E-state index in [9.17, 15) is 0 Å². The minimum atomic E-state index is -0.250. The van der Waals surface area contributed by atoms with Crippen molar-refractivity contribution in [2.45, 2.75) is 51.0 Å². The molecule has 3 fully saturated rings. The Morgan fingerprint density at radius 2 is 1.62 bits per heavy atom. The van der Waals surface area contributed by atoms with Crippen LogP contribution in [0.2, 0.25) is 0 Å². The Bertz CT molecular complexity index is 1110. The average molecular weight is 461 g/mol. The highest BCUT2D eigenvalue weighted by atomic mass is 16.3. The first-order valence-electron chi connectivity index (χ1n) is 12.3. The summed E-state index contributed by atoms with van der Waals surface area (Å²) in [7, 11) is 0. The summed E-state index contributed by atoms with van der Waals surface area (Å²) in [4.78, 5) is 31.9. The first kappa shape index (κ1) is 22.7. The van der Waals surface area contributed by atoms with E-state index in [1.165, 1.54) is 58.0 Å². The molecule has 178 valence electrons. The molecule has 0 aromatic carbocycles. The topological polar surface area (TPSA) is 95.3 Å². The van der Waals surface area contributed by atoms with Crippen LogP contribution < -0.4 is 4.90 Å². The Labute approximate surface area is 200 Å². The second-order valence-electron chi connectivity index (χ2n) is 9.75. The number of hydrogen-bond acceptors (Lipinski definition) is 7. The van der Waals surface area contributed by atoms with Gasteiger partial charge in [-0.1, -0.05) is 12.8 Å². The summed E-state index contributed by atoms with van der Waals surface area (Å²) in [6, 6.07) is 6.87. The zero-order valence-electron chi connectivity index (χ0n) is 19.5. The molecule has 0 unspecified atom stereocenters. The number of carbonyl (C=O) groups is 1. The normalized spacial score (nSPS) is 20.4. The Morgan fingerprint density at radius 1 is 0.941 bits per heavy atom. The maximum Gasteiger partial charge on any atom is 0.290 e. The highest BCUT2D eigenvalue weighted by Gasteiger charge is 2.43. The van der Waals surface area contributed by atoms with E-state index < -0.39 is 0 Å². The predicted octanol–water partition coefficient (Wildman–Crippen LogP) is 4.02. The number of carboxylic acid groups (broad SMARTS) is 1. The molecule has 1 N–H and O–H groups in total. The lowest BCUT2D eigenvalue weighted by Gasteiger charge is -2.40. The SMILES string of the molecule is O=CO.c1cc(-c2nc(N3CCC4(CC3)CCN(C3CCCC3)C4)c3ccncc3n2)ccn1. The maximum absolute atomic E-state index is 8.36. The van der Waals surface area contributed by atoms with E-state index in [4.69, 9.17) is 19.9 Å². The van der Waals surface area contributed by atoms with Crippen molar-refractivity contribution in [2.75, 3.05) is 31.1 Å². The number of rotatable bonds is 3. The van der Waals surface area contributed by atoms with Crippen molar-refractivity contribution in [3.8, 4) is 11.4 Å². The molecule has 3 aromatic rings. The van der Waals surface area contributed by atoms with Gasteiger partial charge in [-0.15, -0.1) is 0 Å². The molecule has 3 aromatic heterocycles. The molecule has 2 saturated heterocycles. The first-order chi connectivity index (χ1) is 16.7. The van der Waals surface area contributed by atoms with E-state index in [1.807, 2.05) is 24.5 Å². The molecule has 0 radical (unpaired) electrons. The summed E-state index contributed by atoms with van der Waals surface area (Å²) >= 11 is 0. The van der Waals surface area contributed by atoms with Gasteiger partial charge in [0.25, 0.3) is 6.47 Å². The standard InChI is InChI=1S/C25H30N6.CH2O2/c1-2-4-20(3-1)31-16-10-25(18-31)8-14-30(15-9-25)24-21-7-13-27-17-22(21)28-23(29-24)19-5-11-26-12-6-19;2-1-3/h5-7,11-13,17,20H,1-4,8-10,14-16,18H2;1H,(H,2,3). The molecule has 0 bridgehead atoms. The first-order valence-corrected chi connectivity index (χ1v) is 12.3. The number of aromatic nitrogens is 4. The van der Waals surface area contributed by atoms with Crippen molar-refractivity contribution in [3.05, 3.63) is 43.0 Å². The number of fused-ring (bicyclic) bond motifs is 1.